The number of methoxy groups -OCH3 is 1. The average Bonchev–Trinajstić information content (AvgIpc) is 2.91. The molecule has 2 heterocycles. The lowest BCUT2D eigenvalue weighted by Gasteiger charge is -2.57. The molecule has 0 unspecified atom stereocenters. The zero-order valence-electron chi connectivity index (χ0n) is 17.6. The number of aromatic nitrogens is 1. The predicted molar refractivity (Wildman–Crippen MR) is 130 cm³/mol. The minimum absolute atomic E-state index is 0.00588. The third-order valence-corrected chi connectivity index (χ3v) is 7.99. The molecule has 3 nitrogen and oxygen atoms in total. The molecule has 0 aliphatic carbocycles. The number of fused-ring (bicyclic) bond motifs is 3. The fourth-order valence-electron chi connectivity index (χ4n) is 4.57. The van der Waals surface area contributed by atoms with Gasteiger partial charge < -0.3 is 14.6 Å². The van der Waals surface area contributed by atoms with Crippen molar-refractivity contribution in [2.45, 2.75) is 21.1 Å². The number of ether oxygens (including phenoxy) is 1. The normalized spacial score (nSPS) is 23.6. The van der Waals surface area contributed by atoms with Crippen molar-refractivity contribution < 1.29 is 4.74 Å². The van der Waals surface area contributed by atoms with E-state index in [4.69, 9.17) is 4.74 Å². The summed E-state index contributed by atoms with van der Waals surface area (Å²) < 4.78 is 5.45. The first-order chi connectivity index (χ1) is 11.3. The summed E-state index contributed by atoms with van der Waals surface area (Å²) in [5.74, 6) is 0.898. The number of rotatable bonds is 1. The van der Waals surface area contributed by atoms with Gasteiger partial charge in [-0.15, -0.1) is 0 Å². The van der Waals surface area contributed by atoms with Gasteiger partial charge in [-0.3, -0.25) is 0 Å². The molecular weight excluding hydrogens is 299 g/mol. The standard InChI is InChI=1S/C14H26B8N2O/c1-24-13(19,20)11(15,16)9-7-4-3-6(25-2)5-8(7)23-10(9)12(17,18)14(24,21)22/h3-5,23H,15-22H2,1-2H3. The summed E-state index contributed by atoms with van der Waals surface area (Å²) in [7, 11) is 23.0. The van der Waals surface area contributed by atoms with Crippen LogP contribution in [0.5, 0.6) is 5.75 Å². The lowest BCUT2D eigenvalue weighted by Crippen LogP contribution is -2.73. The third-order valence-electron chi connectivity index (χ3n) is 7.99. The highest BCUT2D eigenvalue weighted by Gasteiger charge is 2.56. The van der Waals surface area contributed by atoms with E-state index in [0.29, 0.717) is 0 Å². The molecule has 0 amide bonds. The Morgan fingerprint density at radius 1 is 0.920 bits per heavy atom. The Balaban J connectivity index is 2.47. The first-order valence-electron chi connectivity index (χ1n) is 9.24. The zero-order valence-corrected chi connectivity index (χ0v) is 17.6. The van der Waals surface area contributed by atoms with E-state index < -0.39 is 0 Å². The van der Waals surface area contributed by atoms with Gasteiger partial charge in [0.15, 0.2) is 0 Å². The molecule has 0 saturated carbocycles. The molecule has 122 valence electrons. The van der Waals surface area contributed by atoms with Gasteiger partial charge in [-0.2, -0.15) is 0 Å². The van der Waals surface area contributed by atoms with Crippen LogP contribution in [0.4, 0.5) is 0 Å². The van der Waals surface area contributed by atoms with Gasteiger partial charge in [-0.1, -0.05) is 5.21 Å². The van der Waals surface area contributed by atoms with Gasteiger partial charge in [0.1, 0.15) is 68.5 Å². The van der Waals surface area contributed by atoms with E-state index in [1.54, 1.807) is 7.11 Å². The number of hydrogen-bond acceptors (Lipinski definition) is 2. The van der Waals surface area contributed by atoms with Gasteiger partial charge >= 0.3 is 0 Å². The second-order valence-corrected chi connectivity index (χ2v) is 9.71. The summed E-state index contributed by atoms with van der Waals surface area (Å²) in [4.78, 5) is 6.36. The molecule has 0 bridgehead atoms. The second-order valence-electron chi connectivity index (χ2n) is 9.71. The van der Waals surface area contributed by atoms with Crippen molar-refractivity contribution in [1.29, 1.82) is 0 Å². The maximum Gasteiger partial charge on any atom is 0.120 e. The van der Waals surface area contributed by atoms with E-state index in [1.165, 1.54) is 22.2 Å². The molecule has 1 N–H and O–H groups in total. The van der Waals surface area contributed by atoms with Crippen LogP contribution < -0.4 is 4.74 Å². The van der Waals surface area contributed by atoms with E-state index >= 15 is 0 Å². The average molecular weight is 325 g/mol. The minimum atomic E-state index is -0.0334. The molecule has 0 saturated heterocycles. The van der Waals surface area contributed by atoms with Gasteiger partial charge in [-0.25, -0.2) is 0 Å². The second kappa shape index (κ2) is 5.28. The fourth-order valence-corrected chi connectivity index (χ4v) is 4.57. The van der Waals surface area contributed by atoms with Crippen molar-refractivity contribution in [3.05, 3.63) is 29.5 Å². The Bertz CT molecular complexity index is 845. The molecule has 3 rings (SSSR count). The van der Waals surface area contributed by atoms with Crippen LogP contribution in [-0.2, 0) is 10.4 Å². The van der Waals surface area contributed by atoms with Gasteiger partial charge in [0.05, 0.1) is 7.11 Å². The van der Waals surface area contributed by atoms with Crippen LogP contribution in [0.25, 0.3) is 10.9 Å². The van der Waals surface area contributed by atoms with Crippen molar-refractivity contribution in [3.63, 3.8) is 0 Å². The summed E-state index contributed by atoms with van der Waals surface area (Å²) in [5, 5.41) is 1.24. The lowest BCUT2D eigenvalue weighted by molar-refractivity contribution is 0.200. The number of benzene rings is 1. The molecule has 11 heteroatoms. The Labute approximate surface area is 159 Å². The van der Waals surface area contributed by atoms with Crippen LogP contribution in [0, 0.1) is 0 Å². The SMILES string of the molecule is BC1(B)c2[nH]c3cc(OC)ccc3c2C(B)(B)C(B)(B)N(C)C1(B)B. The van der Waals surface area contributed by atoms with Crippen LogP contribution in [0.3, 0.4) is 0 Å². The Morgan fingerprint density at radius 3 is 2.04 bits per heavy atom. The van der Waals surface area contributed by atoms with Crippen LogP contribution in [0.1, 0.15) is 11.3 Å². The largest absolute Gasteiger partial charge is 0.497 e. The van der Waals surface area contributed by atoms with Crippen molar-refractivity contribution in [3.8, 4) is 5.75 Å². The minimum Gasteiger partial charge on any atom is -0.497 e. The molecule has 0 fully saturated rings. The molecule has 0 spiro atoms. The summed E-state index contributed by atoms with van der Waals surface area (Å²) in [6.45, 7) is 0. The van der Waals surface area contributed by atoms with Crippen LogP contribution in [0.15, 0.2) is 18.2 Å². The number of nitrogens with one attached hydrogen (secondary N) is 1. The fraction of sp³-hybridized carbons (Fsp3) is 0.429. The van der Waals surface area contributed by atoms with Gasteiger partial charge in [0, 0.05) is 22.7 Å². The van der Waals surface area contributed by atoms with E-state index in [9.17, 15) is 0 Å². The summed E-state index contributed by atoms with van der Waals surface area (Å²) >= 11 is 0. The van der Waals surface area contributed by atoms with Crippen molar-refractivity contribution >= 4 is 73.7 Å². The van der Waals surface area contributed by atoms with E-state index in [-0.39, 0.29) is 21.1 Å². The van der Waals surface area contributed by atoms with E-state index in [1.807, 2.05) is 0 Å². The Hall–Kier alpha value is -0.961. The van der Waals surface area contributed by atoms with Crippen molar-refractivity contribution in [1.82, 2.24) is 9.88 Å². The maximum atomic E-state index is 5.45. The summed E-state index contributed by atoms with van der Waals surface area (Å²) in [5.41, 5.74) is 3.96. The lowest BCUT2D eigenvalue weighted by atomic mass is 9.30. The van der Waals surface area contributed by atoms with Gasteiger partial charge in [0.2, 0.25) is 0 Å². The summed E-state index contributed by atoms with van der Waals surface area (Å²) in [6, 6.07) is 6.42. The Kier molecular flexibility index (Phi) is 3.97. The van der Waals surface area contributed by atoms with E-state index in [2.05, 4.69) is 97.9 Å². The van der Waals surface area contributed by atoms with Gasteiger partial charge in [0.25, 0.3) is 0 Å². The molecule has 1 aliphatic heterocycles. The number of nitrogens with zero attached hydrogens (tertiary/aromatic N) is 1. The van der Waals surface area contributed by atoms with Crippen LogP contribution in [-0.4, -0.2) is 97.5 Å². The highest BCUT2D eigenvalue weighted by atomic mass is 16.5. The molecule has 0 atom stereocenters. The first kappa shape index (κ1) is 18.8. The maximum absolute atomic E-state index is 5.45. The monoisotopic (exact) mass is 326 g/mol. The van der Waals surface area contributed by atoms with Crippen molar-refractivity contribution in [2.24, 2.45) is 0 Å². The molecule has 0 radical (unpaired) electrons. The topological polar surface area (TPSA) is 28.3 Å². The molecule has 2 aromatic rings. The van der Waals surface area contributed by atoms with E-state index in [0.717, 1.165) is 5.75 Å². The van der Waals surface area contributed by atoms with Crippen LogP contribution >= 0.6 is 0 Å². The number of H-pyrrole nitrogens is 1. The summed E-state index contributed by atoms with van der Waals surface area (Å²) in [6.07, 6.45) is 0. The molecule has 1 aromatic heterocycles. The predicted octanol–water partition coefficient (Wildman–Crippen LogP) is -6.20. The molecule has 1 aromatic carbocycles. The van der Waals surface area contributed by atoms with Gasteiger partial charge in [-0.05, 0) is 40.6 Å². The molecule has 1 aliphatic rings. The quantitative estimate of drug-likeness (QED) is 0.529. The smallest absolute Gasteiger partial charge is 0.120 e. The number of likely N-dealkylation sites (N-methyl/N-ethyl adjacent to an activating group) is 1. The zero-order chi connectivity index (χ0) is 19.0. The number of aromatic amines is 1. The highest BCUT2D eigenvalue weighted by molar-refractivity contribution is 6.59. The third kappa shape index (κ3) is 2.20. The van der Waals surface area contributed by atoms with Crippen molar-refractivity contribution in [2.75, 3.05) is 14.2 Å². The highest BCUT2D eigenvalue weighted by Crippen LogP contribution is 2.48. The Morgan fingerprint density at radius 2 is 1.48 bits per heavy atom. The first-order valence-corrected chi connectivity index (χ1v) is 9.24. The van der Waals surface area contributed by atoms with Crippen LogP contribution in [0.2, 0.25) is 0 Å². The number of hydrogen-bond donors (Lipinski definition) is 1. The molecular formula is C14H26B8N2O. The molecule has 25 heavy (non-hydrogen) atoms.